The molecule has 0 amide bonds. The molecule has 0 saturated carbocycles. The Morgan fingerprint density at radius 1 is 0.586 bits per heavy atom. The molecule has 0 heterocycles. The van der Waals surface area contributed by atoms with E-state index in [1.54, 1.807) is 0 Å². The number of carbonyl (C=O) groups is 1. The summed E-state index contributed by atoms with van der Waals surface area (Å²) in [4.78, 5) is 12.5. The van der Waals surface area contributed by atoms with Crippen molar-refractivity contribution in [3.8, 4) is 0 Å². The third kappa shape index (κ3) is 16.9. The van der Waals surface area contributed by atoms with E-state index in [1.165, 1.54) is 103 Å². The molecular formula is C27H54O2. The molecule has 0 N–H and O–H groups in total. The minimum atomic E-state index is -0.276. The average molecular weight is 411 g/mol. The van der Waals surface area contributed by atoms with E-state index in [4.69, 9.17) is 4.74 Å². The Balaban J connectivity index is 3.59. The van der Waals surface area contributed by atoms with Crippen LogP contribution in [0, 0.1) is 5.41 Å². The molecule has 0 spiro atoms. The summed E-state index contributed by atoms with van der Waals surface area (Å²) in [7, 11) is 0. The largest absolute Gasteiger partial charge is 0.465 e. The predicted molar refractivity (Wildman–Crippen MR) is 128 cm³/mol. The van der Waals surface area contributed by atoms with Crippen LogP contribution in [0.25, 0.3) is 0 Å². The van der Waals surface area contributed by atoms with Gasteiger partial charge in [0.05, 0.1) is 12.0 Å². The second-order valence-corrected chi connectivity index (χ2v) is 9.46. The normalized spacial score (nSPS) is 13.4. The first-order chi connectivity index (χ1) is 14.1. The lowest BCUT2D eigenvalue weighted by atomic mass is 9.82. The lowest BCUT2D eigenvalue weighted by Crippen LogP contribution is -2.29. The molecule has 0 bridgehead atoms. The van der Waals surface area contributed by atoms with E-state index in [9.17, 15) is 4.79 Å². The quantitative estimate of drug-likeness (QED) is 0.131. The summed E-state index contributed by atoms with van der Waals surface area (Å²) in [5, 5.41) is 0. The summed E-state index contributed by atoms with van der Waals surface area (Å²) in [6, 6.07) is 0. The van der Waals surface area contributed by atoms with Gasteiger partial charge in [0.2, 0.25) is 0 Å². The number of rotatable bonds is 22. The molecule has 0 aromatic heterocycles. The fourth-order valence-electron chi connectivity index (χ4n) is 4.00. The maximum Gasteiger partial charge on any atom is 0.311 e. The van der Waals surface area contributed by atoms with Crippen LogP contribution in [-0.2, 0) is 9.53 Å². The molecule has 0 rings (SSSR count). The van der Waals surface area contributed by atoms with Crippen molar-refractivity contribution in [2.75, 3.05) is 6.61 Å². The SMILES string of the molecule is CCCCCCCCCCCCCCOC(=O)C(C)(CC)CCCCCCCC. The minimum absolute atomic E-state index is 0.0385. The molecule has 0 saturated heterocycles. The van der Waals surface area contributed by atoms with Gasteiger partial charge in [-0.25, -0.2) is 0 Å². The van der Waals surface area contributed by atoms with E-state index in [2.05, 4.69) is 27.7 Å². The van der Waals surface area contributed by atoms with Gasteiger partial charge in [-0.2, -0.15) is 0 Å². The number of esters is 1. The third-order valence-corrected chi connectivity index (χ3v) is 6.59. The van der Waals surface area contributed by atoms with Gasteiger partial charge in [-0.3, -0.25) is 4.79 Å². The molecule has 174 valence electrons. The van der Waals surface area contributed by atoms with Crippen molar-refractivity contribution in [2.45, 2.75) is 156 Å². The molecule has 1 unspecified atom stereocenters. The number of ether oxygens (including phenoxy) is 1. The number of carbonyl (C=O) groups excluding carboxylic acids is 1. The summed E-state index contributed by atoms with van der Waals surface area (Å²) in [5.41, 5.74) is -0.276. The smallest absolute Gasteiger partial charge is 0.311 e. The molecule has 1 atom stereocenters. The van der Waals surface area contributed by atoms with Gasteiger partial charge in [-0.15, -0.1) is 0 Å². The van der Waals surface area contributed by atoms with E-state index in [0.29, 0.717) is 6.61 Å². The van der Waals surface area contributed by atoms with Crippen LogP contribution in [0.2, 0.25) is 0 Å². The topological polar surface area (TPSA) is 26.3 Å². The maximum absolute atomic E-state index is 12.5. The first kappa shape index (κ1) is 28.5. The van der Waals surface area contributed by atoms with E-state index in [0.717, 1.165) is 25.7 Å². The Morgan fingerprint density at radius 3 is 1.38 bits per heavy atom. The van der Waals surface area contributed by atoms with Crippen molar-refractivity contribution in [1.82, 2.24) is 0 Å². The zero-order valence-corrected chi connectivity index (χ0v) is 20.7. The summed E-state index contributed by atoms with van der Waals surface area (Å²) >= 11 is 0. The highest BCUT2D eigenvalue weighted by atomic mass is 16.5. The van der Waals surface area contributed by atoms with Crippen LogP contribution >= 0.6 is 0 Å². The van der Waals surface area contributed by atoms with E-state index < -0.39 is 0 Å². The van der Waals surface area contributed by atoms with E-state index >= 15 is 0 Å². The maximum atomic E-state index is 12.5. The Kier molecular flexibility index (Phi) is 20.4. The van der Waals surface area contributed by atoms with E-state index in [-0.39, 0.29) is 11.4 Å². The molecule has 2 heteroatoms. The fourth-order valence-corrected chi connectivity index (χ4v) is 4.00. The average Bonchev–Trinajstić information content (AvgIpc) is 2.73. The van der Waals surface area contributed by atoms with Crippen LogP contribution in [0.3, 0.4) is 0 Å². The fraction of sp³-hybridized carbons (Fsp3) is 0.963. The Morgan fingerprint density at radius 2 is 0.966 bits per heavy atom. The van der Waals surface area contributed by atoms with Gasteiger partial charge in [-0.05, 0) is 26.2 Å². The monoisotopic (exact) mass is 410 g/mol. The van der Waals surface area contributed by atoms with Crippen molar-refractivity contribution in [3.63, 3.8) is 0 Å². The van der Waals surface area contributed by atoms with Gasteiger partial charge in [0.1, 0.15) is 0 Å². The number of hydrogen-bond acceptors (Lipinski definition) is 2. The van der Waals surface area contributed by atoms with Crippen LogP contribution in [0.1, 0.15) is 156 Å². The molecule has 0 aliphatic rings. The van der Waals surface area contributed by atoms with Crippen molar-refractivity contribution < 1.29 is 9.53 Å². The lowest BCUT2D eigenvalue weighted by molar-refractivity contribution is -0.155. The van der Waals surface area contributed by atoms with Crippen LogP contribution in [0.15, 0.2) is 0 Å². The highest BCUT2D eigenvalue weighted by molar-refractivity contribution is 5.76. The highest BCUT2D eigenvalue weighted by Crippen LogP contribution is 2.30. The number of unbranched alkanes of at least 4 members (excludes halogenated alkanes) is 16. The standard InChI is InChI=1S/C27H54O2/c1-5-8-10-12-14-15-16-17-18-19-21-23-25-29-26(28)27(4,7-3)24-22-20-13-11-9-6-2/h5-25H2,1-4H3. The van der Waals surface area contributed by atoms with Gasteiger partial charge in [-0.1, -0.05) is 130 Å². The second kappa shape index (κ2) is 20.7. The van der Waals surface area contributed by atoms with Crippen LogP contribution in [0.4, 0.5) is 0 Å². The molecule has 2 nitrogen and oxygen atoms in total. The first-order valence-corrected chi connectivity index (χ1v) is 13.3. The Labute approximate surface area is 184 Å². The molecule has 0 fully saturated rings. The molecule has 0 aliphatic carbocycles. The first-order valence-electron chi connectivity index (χ1n) is 13.3. The zero-order chi connectivity index (χ0) is 21.6. The van der Waals surface area contributed by atoms with E-state index in [1.807, 2.05) is 0 Å². The van der Waals surface area contributed by atoms with Crippen LogP contribution in [-0.4, -0.2) is 12.6 Å². The lowest BCUT2D eigenvalue weighted by Gasteiger charge is -2.26. The summed E-state index contributed by atoms with van der Waals surface area (Å²) in [6.07, 6.45) is 25.6. The minimum Gasteiger partial charge on any atom is -0.465 e. The third-order valence-electron chi connectivity index (χ3n) is 6.59. The summed E-state index contributed by atoms with van der Waals surface area (Å²) < 4.78 is 5.65. The van der Waals surface area contributed by atoms with Crippen LogP contribution < -0.4 is 0 Å². The van der Waals surface area contributed by atoms with Gasteiger partial charge >= 0.3 is 5.97 Å². The van der Waals surface area contributed by atoms with Gasteiger partial charge in [0, 0.05) is 0 Å². The van der Waals surface area contributed by atoms with Crippen molar-refractivity contribution in [2.24, 2.45) is 5.41 Å². The van der Waals surface area contributed by atoms with Gasteiger partial charge < -0.3 is 4.74 Å². The van der Waals surface area contributed by atoms with Crippen LogP contribution in [0.5, 0.6) is 0 Å². The van der Waals surface area contributed by atoms with Crippen molar-refractivity contribution >= 4 is 5.97 Å². The zero-order valence-electron chi connectivity index (χ0n) is 20.7. The summed E-state index contributed by atoms with van der Waals surface area (Å²) in [6.45, 7) is 9.37. The van der Waals surface area contributed by atoms with Gasteiger partial charge in [0.15, 0.2) is 0 Å². The molecule has 0 radical (unpaired) electrons. The Hall–Kier alpha value is -0.530. The number of hydrogen-bond donors (Lipinski definition) is 0. The second-order valence-electron chi connectivity index (χ2n) is 9.46. The molecule has 0 aromatic rings. The summed E-state index contributed by atoms with van der Waals surface area (Å²) in [5.74, 6) is 0.0385. The van der Waals surface area contributed by atoms with Crippen molar-refractivity contribution in [1.29, 1.82) is 0 Å². The molecule has 0 aliphatic heterocycles. The Bertz CT molecular complexity index is 352. The van der Waals surface area contributed by atoms with Gasteiger partial charge in [0.25, 0.3) is 0 Å². The predicted octanol–water partition coefficient (Wildman–Crippen LogP) is 9.40. The molecule has 0 aromatic carbocycles. The molecular weight excluding hydrogens is 356 g/mol. The van der Waals surface area contributed by atoms with Crippen molar-refractivity contribution in [3.05, 3.63) is 0 Å². The highest BCUT2D eigenvalue weighted by Gasteiger charge is 2.32. The molecule has 29 heavy (non-hydrogen) atoms.